The van der Waals surface area contributed by atoms with E-state index in [1.165, 1.54) is 12.1 Å². The van der Waals surface area contributed by atoms with Crippen LogP contribution in [0.4, 0.5) is 0 Å². The maximum absolute atomic E-state index is 12.7. The first-order valence-electron chi connectivity index (χ1n) is 9.26. The summed E-state index contributed by atoms with van der Waals surface area (Å²) in [6.07, 6.45) is 0. The lowest BCUT2D eigenvalue weighted by Crippen LogP contribution is -2.48. The lowest BCUT2D eigenvalue weighted by atomic mass is 10.1. The quantitative estimate of drug-likeness (QED) is 0.773. The van der Waals surface area contributed by atoms with Crippen molar-refractivity contribution in [1.82, 2.24) is 9.80 Å². The van der Waals surface area contributed by atoms with Gasteiger partial charge in [0.1, 0.15) is 0 Å². The predicted molar refractivity (Wildman–Crippen MR) is 107 cm³/mol. The highest BCUT2D eigenvalue weighted by Crippen LogP contribution is 2.16. The fraction of sp³-hybridized carbons (Fsp3) is 0.333. The molecular weight excluding hydrogens is 374 g/mol. The van der Waals surface area contributed by atoms with Crippen molar-refractivity contribution in [1.29, 1.82) is 5.26 Å². The second kappa shape index (κ2) is 8.55. The van der Waals surface area contributed by atoms with Crippen LogP contribution in [0.5, 0.6) is 0 Å². The molecule has 0 saturated carbocycles. The van der Waals surface area contributed by atoms with Gasteiger partial charge >= 0.3 is 0 Å². The summed E-state index contributed by atoms with van der Waals surface area (Å²) in [5.74, 6) is -0.0277. The summed E-state index contributed by atoms with van der Waals surface area (Å²) < 4.78 is 23.8. The van der Waals surface area contributed by atoms with Crippen LogP contribution >= 0.6 is 0 Å². The monoisotopic (exact) mass is 397 g/mol. The molecule has 0 radical (unpaired) electrons. The average Bonchev–Trinajstić information content (AvgIpc) is 2.74. The van der Waals surface area contributed by atoms with Crippen molar-refractivity contribution in [3.05, 3.63) is 65.2 Å². The Morgan fingerprint density at radius 2 is 1.61 bits per heavy atom. The number of hydrogen-bond donors (Lipinski definition) is 0. The van der Waals surface area contributed by atoms with Crippen LogP contribution in [0.3, 0.4) is 0 Å². The van der Waals surface area contributed by atoms with Crippen molar-refractivity contribution in [3.63, 3.8) is 0 Å². The molecule has 7 heteroatoms. The largest absolute Gasteiger partial charge is 0.336 e. The van der Waals surface area contributed by atoms with E-state index in [9.17, 15) is 13.2 Å². The van der Waals surface area contributed by atoms with E-state index >= 15 is 0 Å². The van der Waals surface area contributed by atoms with E-state index < -0.39 is 9.84 Å². The maximum atomic E-state index is 12.7. The predicted octanol–water partition coefficient (Wildman–Crippen LogP) is 2.31. The average molecular weight is 398 g/mol. The molecule has 1 heterocycles. The van der Waals surface area contributed by atoms with E-state index in [-0.39, 0.29) is 16.6 Å². The Labute approximate surface area is 165 Å². The number of rotatable bonds is 5. The van der Waals surface area contributed by atoms with E-state index in [1.807, 2.05) is 24.3 Å². The zero-order valence-corrected chi connectivity index (χ0v) is 16.7. The number of carbonyl (C=O) groups excluding carboxylic acids is 1. The van der Waals surface area contributed by atoms with Gasteiger partial charge in [-0.2, -0.15) is 5.26 Å². The molecule has 28 heavy (non-hydrogen) atoms. The maximum Gasteiger partial charge on any atom is 0.253 e. The second-order valence-corrected chi connectivity index (χ2v) is 9.08. The van der Waals surface area contributed by atoms with Crippen LogP contribution in [0, 0.1) is 11.3 Å². The summed E-state index contributed by atoms with van der Waals surface area (Å²) >= 11 is 0. The van der Waals surface area contributed by atoms with Gasteiger partial charge in [0.25, 0.3) is 5.91 Å². The molecule has 0 spiro atoms. The van der Waals surface area contributed by atoms with Crippen LogP contribution in [-0.2, 0) is 16.4 Å². The Bertz CT molecular complexity index is 969. The number of nitrogens with zero attached hydrogens (tertiary/aromatic N) is 3. The molecule has 1 fully saturated rings. The normalized spacial score (nSPS) is 15.2. The smallest absolute Gasteiger partial charge is 0.253 e. The van der Waals surface area contributed by atoms with Crippen molar-refractivity contribution < 1.29 is 13.2 Å². The fourth-order valence-corrected chi connectivity index (χ4v) is 4.09. The molecule has 0 unspecified atom stereocenters. The van der Waals surface area contributed by atoms with Crippen molar-refractivity contribution in [2.45, 2.75) is 18.4 Å². The number of hydrogen-bond acceptors (Lipinski definition) is 5. The molecule has 1 aliphatic rings. The van der Waals surface area contributed by atoms with Crippen LogP contribution in [0.15, 0.2) is 53.4 Å². The third-order valence-electron chi connectivity index (χ3n) is 4.99. The molecule has 0 aliphatic carbocycles. The molecule has 1 aliphatic heterocycles. The van der Waals surface area contributed by atoms with Crippen LogP contribution in [-0.4, -0.2) is 56.1 Å². The Morgan fingerprint density at radius 1 is 1.00 bits per heavy atom. The van der Waals surface area contributed by atoms with E-state index in [0.717, 1.165) is 25.2 Å². The highest BCUT2D eigenvalue weighted by Gasteiger charge is 2.22. The first kappa shape index (κ1) is 20.1. The zero-order chi connectivity index (χ0) is 20.1. The van der Waals surface area contributed by atoms with Gasteiger partial charge in [-0.15, -0.1) is 0 Å². The van der Waals surface area contributed by atoms with Crippen LogP contribution in [0.1, 0.15) is 28.4 Å². The zero-order valence-electron chi connectivity index (χ0n) is 15.8. The number of amides is 1. The molecule has 0 atom stereocenters. The molecule has 1 saturated heterocycles. The van der Waals surface area contributed by atoms with Gasteiger partial charge in [0.15, 0.2) is 9.84 Å². The summed E-state index contributed by atoms with van der Waals surface area (Å²) in [6.45, 7) is 5.19. The fourth-order valence-electron chi connectivity index (χ4n) is 3.21. The summed E-state index contributed by atoms with van der Waals surface area (Å²) in [5.41, 5.74) is 2.30. The van der Waals surface area contributed by atoms with Gasteiger partial charge < -0.3 is 4.90 Å². The van der Waals surface area contributed by atoms with Gasteiger partial charge in [0.2, 0.25) is 0 Å². The summed E-state index contributed by atoms with van der Waals surface area (Å²) in [5, 5.41) is 8.86. The van der Waals surface area contributed by atoms with Crippen LogP contribution in [0.2, 0.25) is 0 Å². The van der Waals surface area contributed by atoms with Crippen LogP contribution < -0.4 is 0 Å². The lowest BCUT2D eigenvalue weighted by Gasteiger charge is -2.34. The minimum Gasteiger partial charge on any atom is -0.336 e. The molecule has 6 nitrogen and oxygen atoms in total. The molecule has 2 aromatic rings. The van der Waals surface area contributed by atoms with Crippen molar-refractivity contribution in [2.24, 2.45) is 0 Å². The molecule has 2 aromatic carbocycles. The molecular formula is C21H23N3O3S. The van der Waals surface area contributed by atoms with Crippen molar-refractivity contribution >= 4 is 15.7 Å². The van der Waals surface area contributed by atoms with Crippen molar-refractivity contribution in [3.8, 4) is 6.07 Å². The van der Waals surface area contributed by atoms with E-state index in [1.54, 1.807) is 24.0 Å². The minimum atomic E-state index is -3.26. The summed E-state index contributed by atoms with van der Waals surface area (Å²) in [7, 11) is -3.26. The third kappa shape index (κ3) is 4.58. The van der Waals surface area contributed by atoms with Crippen LogP contribution in [0.25, 0.3) is 0 Å². The Balaban J connectivity index is 1.56. The molecule has 0 N–H and O–H groups in total. The first-order chi connectivity index (χ1) is 13.4. The topological polar surface area (TPSA) is 81.5 Å². The first-order valence-corrected chi connectivity index (χ1v) is 10.9. The lowest BCUT2D eigenvalue weighted by molar-refractivity contribution is 0.0628. The van der Waals surface area contributed by atoms with Crippen molar-refractivity contribution in [2.75, 3.05) is 31.9 Å². The van der Waals surface area contributed by atoms with Gasteiger partial charge in [-0.3, -0.25) is 9.69 Å². The standard InChI is InChI=1S/C21H23N3O3S/c1-2-28(26,27)20-9-7-19(8-10-20)21(25)24-13-11-23(12-14-24)16-18-5-3-17(15-22)4-6-18/h3-10H,2,11-14,16H2,1H3. The Hall–Kier alpha value is -2.69. The number of sulfone groups is 1. The highest BCUT2D eigenvalue weighted by molar-refractivity contribution is 7.91. The number of piperazine rings is 1. The molecule has 3 rings (SSSR count). The van der Waals surface area contributed by atoms with E-state index in [4.69, 9.17) is 5.26 Å². The number of carbonyl (C=O) groups is 1. The third-order valence-corrected chi connectivity index (χ3v) is 6.74. The second-order valence-electron chi connectivity index (χ2n) is 6.80. The van der Waals surface area contributed by atoms with E-state index in [0.29, 0.717) is 24.2 Å². The SMILES string of the molecule is CCS(=O)(=O)c1ccc(C(=O)N2CCN(Cc3ccc(C#N)cc3)CC2)cc1. The molecule has 146 valence electrons. The van der Waals surface area contributed by atoms with Gasteiger partial charge in [-0.1, -0.05) is 19.1 Å². The van der Waals surface area contributed by atoms with Gasteiger partial charge in [-0.05, 0) is 42.0 Å². The summed E-state index contributed by atoms with van der Waals surface area (Å²) in [4.78, 5) is 17.0. The molecule has 0 aromatic heterocycles. The Kier molecular flexibility index (Phi) is 6.12. The minimum absolute atomic E-state index is 0.0431. The molecule has 1 amide bonds. The van der Waals surface area contributed by atoms with Gasteiger partial charge in [-0.25, -0.2) is 8.42 Å². The number of nitriles is 1. The Morgan fingerprint density at radius 3 is 2.14 bits per heavy atom. The molecule has 0 bridgehead atoms. The van der Waals surface area contributed by atoms with E-state index in [2.05, 4.69) is 11.0 Å². The summed E-state index contributed by atoms with van der Waals surface area (Å²) in [6, 6.07) is 15.9. The van der Waals surface area contributed by atoms with Gasteiger partial charge in [0, 0.05) is 38.3 Å². The highest BCUT2D eigenvalue weighted by atomic mass is 32.2. The van der Waals surface area contributed by atoms with Gasteiger partial charge in [0.05, 0.1) is 22.3 Å². The number of benzene rings is 2.